The molecule has 0 aliphatic heterocycles. The maximum Gasteiger partial charge on any atom is 0.312 e. The largest absolute Gasteiger partial charge is 0.383 e. The van der Waals surface area contributed by atoms with Crippen molar-refractivity contribution in [3.05, 3.63) is 0 Å². The average molecular weight is 274 g/mol. The lowest BCUT2D eigenvalue weighted by Crippen LogP contribution is -2.46. The number of rotatable bonds is 9. The van der Waals surface area contributed by atoms with Crippen LogP contribution in [0, 0.1) is 0 Å². The Bertz CT molecular complexity index is 263. The van der Waals surface area contributed by atoms with Gasteiger partial charge in [0.25, 0.3) is 0 Å². The van der Waals surface area contributed by atoms with E-state index in [4.69, 9.17) is 9.47 Å². The summed E-state index contributed by atoms with van der Waals surface area (Å²) in [6.07, 6.45) is 1.88. The third-order valence-corrected chi connectivity index (χ3v) is 2.79. The summed E-state index contributed by atoms with van der Waals surface area (Å²) in [4.78, 5) is 27.0. The normalized spacial score (nSPS) is 10.3. The first-order chi connectivity index (χ1) is 9.08. The van der Waals surface area contributed by atoms with Crippen LogP contribution in [0.3, 0.4) is 0 Å². The molecule has 0 saturated heterocycles. The Morgan fingerprint density at radius 3 is 1.89 bits per heavy atom. The molecule has 0 radical (unpaired) electrons. The molecule has 0 aromatic rings. The minimum absolute atomic E-state index is 0.395. The lowest BCUT2D eigenvalue weighted by Gasteiger charge is -2.24. The molecule has 0 aromatic heterocycles. The van der Waals surface area contributed by atoms with Crippen LogP contribution in [-0.4, -0.2) is 75.7 Å². The number of unbranched alkanes of at least 4 members (excludes halogenated alkanes) is 1. The molecular formula is C13H26N2O4. The van der Waals surface area contributed by atoms with Gasteiger partial charge in [0, 0.05) is 40.9 Å². The molecule has 19 heavy (non-hydrogen) atoms. The van der Waals surface area contributed by atoms with E-state index in [1.807, 2.05) is 6.92 Å². The van der Waals surface area contributed by atoms with Crippen LogP contribution in [-0.2, 0) is 19.1 Å². The van der Waals surface area contributed by atoms with Crippen molar-refractivity contribution < 1.29 is 19.1 Å². The van der Waals surface area contributed by atoms with Gasteiger partial charge in [0.05, 0.1) is 13.2 Å². The fourth-order valence-electron chi connectivity index (χ4n) is 1.51. The van der Waals surface area contributed by atoms with Crippen molar-refractivity contribution in [3.8, 4) is 0 Å². The summed E-state index contributed by atoms with van der Waals surface area (Å²) in [6, 6.07) is 0. The molecule has 0 saturated carbocycles. The number of methoxy groups -OCH3 is 2. The molecule has 0 atom stereocenters. The molecule has 0 N–H and O–H groups in total. The lowest BCUT2D eigenvalue weighted by atomic mass is 10.3. The van der Waals surface area contributed by atoms with Gasteiger partial charge in [-0.3, -0.25) is 9.59 Å². The van der Waals surface area contributed by atoms with Gasteiger partial charge in [-0.15, -0.1) is 0 Å². The first-order valence-corrected chi connectivity index (χ1v) is 6.60. The van der Waals surface area contributed by atoms with Gasteiger partial charge < -0.3 is 19.3 Å². The van der Waals surface area contributed by atoms with E-state index in [1.54, 1.807) is 21.3 Å². The highest BCUT2D eigenvalue weighted by molar-refractivity contribution is 6.34. The van der Waals surface area contributed by atoms with E-state index < -0.39 is 11.8 Å². The van der Waals surface area contributed by atoms with Crippen LogP contribution in [0.1, 0.15) is 19.8 Å². The quantitative estimate of drug-likeness (QED) is 0.570. The van der Waals surface area contributed by atoms with E-state index in [-0.39, 0.29) is 0 Å². The molecule has 112 valence electrons. The van der Waals surface area contributed by atoms with E-state index in [2.05, 4.69) is 0 Å². The summed E-state index contributed by atoms with van der Waals surface area (Å²) < 4.78 is 9.90. The second-order valence-corrected chi connectivity index (χ2v) is 4.36. The number of likely N-dealkylation sites (N-methyl/N-ethyl adjacent to an activating group) is 1. The van der Waals surface area contributed by atoms with Gasteiger partial charge in [-0.2, -0.15) is 0 Å². The van der Waals surface area contributed by atoms with Crippen molar-refractivity contribution in [2.45, 2.75) is 19.8 Å². The minimum Gasteiger partial charge on any atom is -0.383 e. The van der Waals surface area contributed by atoms with E-state index in [0.29, 0.717) is 32.8 Å². The predicted octanol–water partition coefficient (Wildman–Crippen LogP) is 0.366. The molecule has 0 heterocycles. The lowest BCUT2D eigenvalue weighted by molar-refractivity contribution is -0.151. The fourth-order valence-corrected chi connectivity index (χ4v) is 1.51. The number of hydrogen-bond acceptors (Lipinski definition) is 4. The summed E-state index contributed by atoms with van der Waals surface area (Å²) in [6.45, 7) is 4.24. The summed E-state index contributed by atoms with van der Waals surface area (Å²) in [5, 5.41) is 0. The average Bonchev–Trinajstić information content (AvgIpc) is 2.43. The first-order valence-electron chi connectivity index (χ1n) is 6.60. The van der Waals surface area contributed by atoms with E-state index in [9.17, 15) is 9.59 Å². The first kappa shape index (κ1) is 17.9. The molecule has 6 heteroatoms. The second kappa shape index (κ2) is 10.8. The molecule has 0 bridgehead atoms. The van der Waals surface area contributed by atoms with Gasteiger partial charge in [-0.05, 0) is 6.42 Å². The molecule has 0 aliphatic carbocycles. The van der Waals surface area contributed by atoms with Gasteiger partial charge in [0.1, 0.15) is 0 Å². The highest BCUT2D eigenvalue weighted by atomic mass is 16.5. The van der Waals surface area contributed by atoms with Gasteiger partial charge in [0.15, 0.2) is 0 Å². The van der Waals surface area contributed by atoms with Crippen LogP contribution in [0.4, 0.5) is 0 Å². The van der Waals surface area contributed by atoms with Crippen molar-refractivity contribution in [1.29, 1.82) is 0 Å². The van der Waals surface area contributed by atoms with Crippen LogP contribution < -0.4 is 0 Å². The van der Waals surface area contributed by atoms with Crippen molar-refractivity contribution in [1.82, 2.24) is 9.80 Å². The van der Waals surface area contributed by atoms with Crippen LogP contribution >= 0.6 is 0 Å². The molecule has 0 rings (SSSR count). The number of carbonyl (C=O) groups excluding carboxylic acids is 2. The van der Waals surface area contributed by atoms with Gasteiger partial charge in [0.2, 0.25) is 0 Å². The van der Waals surface area contributed by atoms with E-state index in [0.717, 1.165) is 12.8 Å². The third-order valence-electron chi connectivity index (χ3n) is 2.79. The Labute approximate surface area is 115 Å². The molecule has 0 aromatic carbocycles. The predicted molar refractivity (Wildman–Crippen MR) is 72.9 cm³/mol. The zero-order valence-electron chi connectivity index (χ0n) is 12.5. The third kappa shape index (κ3) is 7.12. The van der Waals surface area contributed by atoms with Crippen molar-refractivity contribution >= 4 is 11.8 Å². The van der Waals surface area contributed by atoms with Crippen LogP contribution in [0.25, 0.3) is 0 Å². The Morgan fingerprint density at radius 2 is 1.47 bits per heavy atom. The fraction of sp³-hybridized carbons (Fsp3) is 0.846. The van der Waals surface area contributed by atoms with Crippen LogP contribution in [0.5, 0.6) is 0 Å². The monoisotopic (exact) mass is 274 g/mol. The van der Waals surface area contributed by atoms with Gasteiger partial charge >= 0.3 is 11.8 Å². The summed E-state index contributed by atoms with van der Waals surface area (Å²) in [5.74, 6) is -0.964. The molecule has 0 spiro atoms. The Kier molecular flexibility index (Phi) is 10.1. The van der Waals surface area contributed by atoms with Crippen molar-refractivity contribution in [3.63, 3.8) is 0 Å². The highest BCUT2D eigenvalue weighted by Crippen LogP contribution is 1.98. The number of hydrogen-bond donors (Lipinski definition) is 0. The maximum atomic E-state index is 12.1. The number of carbonyl (C=O) groups is 2. The molecule has 2 amide bonds. The smallest absolute Gasteiger partial charge is 0.312 e. The number of nitrogens with zero attached hydrogens (tertiary/aromatic N) is 2. The van der Waals surface area contributed by atoms with Crippen molar-refractivity contribution in [2.75, 3.05) is 54.1 Å². The van der Waals surface area contributed by atoms with Gasteiger partial charge in [-0.25, -0.2) is 0 Å². The Balaban J connectivity index is 4.44. The topological polar surface area (TPSA) is 59.1 Å². The van der Waals surface area contributed by atoms with Crippen LogP contribution in [0.15, 0.2) is 0 Å². The van der Waals surface area contributed by atoms with E-state index >= 15 is 0 Å². The molecule has 0 unspecified atom stereocenters. The Morgan fingerprint density at radius 1 is 0.947 bits per heavy atom. The summed E-state index contributed by atoms with van der Waals surface area (Å²) in [7, 11) is 4.78. The summed E-state index contributed by atoms with van der Waals surface area (Å²) in [5.41, 5.74) is 0. The number of amides is 2. The number of ether oxygens (including phenoxy) is 2. The standard InChI is InChI=1S/C13H26N2O4/c1-5-6-7-14(2)12(16)13(17)15(8-10-18-3)9-11-19-4/h5-11H2,1-4H3. The van der Waals surface area contributed by atoms with Crippen LogP contribution in [0.2, 0.25) is 0 Å². The Hall–Kier alpha value is -1.14. The molecule has 6 nitrogen and oxygen atoms in total. The van der Waals surface area contributed by atoms with E-state index in [1.165, 1.54) is 9.80 Å². The van der Waals surface area contributed by atoms with Gasteiger partial charge in [-0.1, -0.05) is 13.3 Å². The SMILES string of the molecule is CCCCN(C)C(=O)C(=O)N(CCOC)CCOC. The zero-order valence-corrected chi connectivity index (χ0v) is 12.5. The summed E-state index contributed by atoms with van der Waals surface area (Å²) >= 11 is 0. The second-order valence-electron chi connectivity index (χ2n) is 4.36. The maximum absolute atomic E-state index is 12.1. The molecule has 0 fully saturated rings. The minimum atomic E-state index is -0.493. The molecule has 0 aliphatic rings. The van der Waals surface area contributed by atoms with Crippen molar-refractivity contribution in [2.24, 2.45) is 0 Å². The molecular weight excluding hydrogens is 248 g/mol. The highest BCUT2D eigenvalue weighted by Gasteiger charge is 2.24. The zero-order chi connectivity index (χ0) is 14.7.